The Labute approximate surface area is 67.6 Å². The molecule has 0 radical (unpaired) electrons. The number of rotatable bonds is 2. The fraction of sp³-hybridized carbons (Fsp3) is 0.286. The molecule has 0 aromatic carbocycles. The molecule has 0 saturated heterocycles. The zero-order valence-electron chi connectivity index (χ0n) is 5.30. The van der Waals surface area contributed by atoms with Gasteiger partial charge >= 0.3 is 0 Å². The summed E-state index contributed by atoms with van der Waals surface area (Å²) in [5.74, 6) is 0.855. The predicted octanol–water partition coefficient (Wildman–Crippen LogP) is 2.50. The maximum atomic E-state index is 8.23. The van der Waals surface area contributed by atoms with E-state index in [0.717, 1.165) is 10.4 Å². The minimum Gasteiger partial charge on any atom is -0.454 e. The summed E-state index contributed by atoms with van der Waals surface area (Å²) in [5, 5.41) is 8.23. The molecule has 0 aliphatic carbocycles. The van der Waals surface area contributed by atoms with Crippen molar-refractivity contribution in [3.05, 3.63) is 22.6 Å². The van der Waals surface area contributed by atoms with Gasteiger partial charge in [-0.1, -0.05) is 0 Å². The Kier molecular flexibility index (Phi) is 2.52. The standard InChI is InChI=1S/C7H6BrNO/c8-7-4-3-6(10-7)2-1-5-9/h3-4H,1-2H2. The zero-order chi connectivity index (χ0) is 7.40. The summed E-state index contributed by atoms with van der Waals surface area (Å²) >= 11 is 3.17. The lowest BCUT2D eigenvalue weighted by molar-refractivity contribution is 0.489. The average molecular weight is 200 g/mol. The third-order valence-electron chi connectivity index (χ3n) is 1.11. The smallest absolute Gasteiger partial charge is 0.169 e. The van der Waals surface area contributed by atoms with Gasteiger partial charge in [0.2, 0.25) is 0 Å². The SMILES string of the molecule is N#CCCc1ccc(Br)o1. The van der Waals surface area contributed by atoms with Crippen LogP contribution in [-0.4, -0.2) is 0 Å². The number of furan rings is 1. The summed E-state index contributed by atoms with van der Waals surface area (Å²) in [6.07, 6.45) is 1.21. The van der Waals surface area contributed by atoms with E-state index >= 15 is 0 Å². The molecule has 2 nitrogen and oxygen atoms in total. The number of nitrogens with zero attached hydrogens (tertiary/aromatic N) is 1. The molecule has 0 aliphatic heterocycles. The normalized spacial score (nSPS) is 9.20. The second-order valence-corrected chi connectivity index (χ2v) is 2.65. The van der Waals surface area contributed by atoms with Crippen LogP contribution in [0.2, 0.25) is 0 Å². The highest BCUT2D eigenvalue weighted by Crippen LogP contribution is 2.14. The van der Waals surface area contributed by atoms with Crippen LogP contribution in [0.15, 0.2) is 21.2 Å². The number of halogens is 1. The van der Waals surface area contributed by atoms with Crippen molar-refractivity contribution in [2.45, 2.75) is 12.8 Å². The highest BCUT2D eigenvalue weighted by atomic mass is 79.9. The van der Waals surface area contributed by atoms with E-state index in [0.29, 0.717) is 12.8 Å². The molecule has 0 aliphatic rings. The minimum atomic E-state index is 0.514. The van der Waals surface area contributed by atoms with Gasteiger partial charge < -0.3 is 4.42 Å². The van der Waals surface area contributed by atoms with Gasteiger partial charge in [-0.15, -0.1) is 0 Å². The zero-order valence-corrected chi connectivity index (χ0v) is 6.89. The third kappa shape index (κ3) is 1.89. The van der Waals surface area contributed by atoms with Crippen molar-refractivity contribution in [3.63, 3.8) is 0 Å². The lowest BCUT2D eigenvalue weighted by Gasteiger charge is -1.85. The molecule has 0 atom stereocenters. The lowest BCUT2D eigenvalue weighted by Crippen LogP contribution is -1.76. The van der Waals surface area contributed by atoms with Crippen molar-refractivity contribution in [2.75, 3.05) is 0 Å². The van der Waals surface area contributed by atoms with Crippen LogP contribution in [0.25, 0.3) is 0 Å². The monoisotopic (exact) mass is 199 g/mol. The third-order valence-corrected chi connectivity index (χ3v) is 1.54. The predicted molar refractivity (Wildman–Crippen MR) is 40.3 cm³/mol. The Bertz CT molecular complexity index is 248. The Balaban J connectivity index is 2.52. The van der Waals surface area contributed by atoms with Crippen molar-refractivity contribution in [1.29, 1.82) is 5.26 Å². The fourth-order valence-corrected chi connectivity index (χ4v) is 1.01. The molecule has 0 N–H and O–H groups in total. The first-order chi connectivity index (χ1) is 4.83. The number of aryl methyl sites for hydroxylation is 1. The van der Waals surface area contributed by atoms with Gasteiger partial charge in [-0.2, -0.15) is 5.26 Å². The van der Waals surface area contributed by atoms with E-state index in [2.05, 4.69) is 22.0 Å². The van der Waals surface area contributed by atoms with E-state index in [9.17, 15) is 0 Å². The molecule has 0 fully saturated rings. The van der Waals surface area contributed by atoms with Crippen LogP contribution in [0.4, 0.5) is 0 Å². The second kappa shape index (κ2) is 3.43. The number of hydrogen-bond acceptors (Lipinski definition) is 2. The molecular formula is C7H6BrNO. The Morgan fingerprint density at radius 2 is 2.40 bits per heavy atom. The van der Waals surface area contributed by atoms with E-state index < -0.39 is 0 Å². The van der Waals surface area contributed by atoms with E-state index in [1.165, 1.54) is 0 Å². The van der Waals surface area contributed by atoms with Gasteiger partial charge in [0.05, 0.1) is 6.07 Å². The summed E-state index contributed by atoms with van der Waals surface area (Å²) in [5.41, 5.74) is 0. The van der Waals surface area contributed by atoms with Crippen molar-refractivity contribution >= 4 is 15.9 Å². The van der Waals surface area contributed by atoms with Gasteiger partial charge in [-0.3, -0.25) is 0 Å². The largest absolute Gasteiger partial charge is 0.454 e. The molecule has 3 heteroatoms. The van der Waals surface area contributed by atoms with Gasteiger partial charge in [0.1, 0.15) is 5.76 Å². The molecule has 1 rings (SSSR count). The molecule has 52 valence electrons. The van der Waals surface area contributed by atoms with Crippen molar-refractivity contribution in [1.82, 2.24) is 0 Å². The highest BCUT2D eigenvalue weighted by Gasteiger charge is 1.96. The van der Waals surface area contributed by atoms with Gasteiger partial charge in [-0.05, 0) is 28.1 Å². The molecule has 0 spiro atoms. The number of nitriles is 1. The summed E-state index contributed by atoms with van der Waals surface area (Å²) in [4.78, 5) is 0. The first-order valence-electron chi connectivity index (χ1n) is 2.94. The average Bonchev–Trinajstić information content (AvgIpc) is 2.31. The summed E-state index contributed by atoms with van der Waals surface area (Å²) < 4.78 is 5.87. The Morgan fingerprint density at radius 3 is 2.90 bits per heavy atom. The maximum Gasteiger partial charge on any atom is 0.169 e. The van der Waals surface area contributed by atoms with Crippen LogP contribution in [0.3, 0.4) is 0 Å². The summed E-state index contributed by atoms with van der Waals surface area (Å²) in [7, 11) is 0. The van der Waals surface area contributed by atoms with Gasteiger partial charge in [0.25, 0.3) is 0 Å². The molecule has 1 aromatic rings. The lowest BCUT2D eigenvalue weighted by atomic mass is 10.3. The molecule has 1 heterocycles. The van der Waals surface area contributed by atoms with Crippen LogP contribution < -0.4 is 0 Å². The van der Waals surface area contributed by atoms with Crippen LogP contribution in [0.1, 0.15) is 12.2 Å². The Morgan fingerprint density at radius 1 is 1.60 bits per heavy atom. The van der Waals surface area contributed by atoms with E-state index in [4.69, 9.17) is 9.68 Å². The molecule has 0 amide bonds. The molecule has 0 bridgehead atoms. The van der Waals surface area contributed by atoms with E-state index in [1.807, 2.05) is 12.1 Å². The van der Waals surface area contributed by atoms with Gasteiger partial charge in [0.15, 0.2) is 4.67 Å². The first-order valence-corrected chi connectivity index (χ1v) is 3.73. The quantitative estimate of drug-likeness (QED) is 0.735. The first kappa shape index (κ1) is 7.36. The maximum absolute atomic E-state index is 8.23. The summed E-state index contributed by atoms with van der Waals surface area (Å²) in [6.45, 7) is 0. The van der Waals surface area contributed by atoms with Crippen molar-refractivity contribution in [3.8, 4) is 6.07 Å². The van der Waals surface area contributed by atoms with Crippen LogP contribution >= 0.6 is 15.9 Å². The second-order valence-electron chi connectivity index (χ2n) is 1.86. The van der Waals surface area contributed by atoms with Gasteiger partial charge in [0, 0.05) is 12.8 Å². The van der Waals surface area contributed by atoms with Crippen LogP contribution in [-0.2, 0) is 6.42 Å². The molecule has 10 heavy (non-hydrogen) atoms. The molecule has 0 saturated carbocycles. The van der Waals surface area contributed by atoms with E-state index in [1.54, 1.807) is 0 Å². The van der Waals surface area contributed by atoms with Gasteiger partial charge in [-0.25, -0.2) is 0 Å². The molecular weight excluding hydrogens is 194 g/mol. The fourth-order valence-electron chi connectivity index (χ4n) is 0.665. The topological polar surface area (TPSA) is 36.9 Å². The molecule has 0 unspecified atom stereocenters. The van der Waals surface area contributed by atoms with Crippen LogP contribution in [0, 0.1) is 11.3 Å². The van der Waals surface area contributed by atoms with Crippen molar-refractivity contribution in [2.24, 2.45) is 0 Å². The number of hydrogen-bond donors (Lipinski definition) is 0. The highest BCUT2D eigenvalue weighted by molar-refractivity contribution is 9.10. The van der Waals surface area contributed by atoms with Crippen LogP contribution in [0.5, 0.6) is 0 Å². The summed E-state index contributed by atoms with van der Waals surface area (Å²) in [6, 6.07) is 5.74. The van der Waals surface area contributed by atoms with E-state index in [-0.39, 0.29) is 0 Å². The van der Waals surface area contributed by atoms with Crippen molar-refractivity contribution < 1.29 is 4.42 Å². The minimum absolute atomic E-state index is 0.514. The Hall–Kier alpha value is -0.750. The molecule has 1 aromatic heterocycles.